The summed E-state index contributed by atoms with van der Waals surface area (Å²) in [5.74, 6) is 0.195. The predicted molar refractivity (Wildman–Crippen MR) is 65.8 cm³/mol. The molecule has 0 amide bonds. The molecule has 4 heteroatoms. The normalized spacial score (nSPS) is 12.1. The second-order valence-electron chi connectivity index (χ2n) is 3.48. The average molecular weight is 242 g/mol. The van der Waals surface area contributed by atoms with Crippen LogP contribution in [0.4, 0.5) is 4.39 Å². The Labute approximate surface area is 99.3 Å². The highest BCUT2D eigenvalue weighted by Gasteiger charge is 2.10. The van der Waals surface area contributed by atoms with Crippen molar-refractivity contribution in [1.82, 2.24) is 0 Å². The summed E-state index contributed by atoms with van der Waals surface area (Å²) < 4.78 is 12.5. The third-order valence-electron chi connectivity index (χ3n) is 2.50. The maximum Gasteiger partial charge on any atom is 0.123 e. The lowest BCUT2D eigenvalue weighted by Crippen LogP contribution is -2.12. The summed E-state index contributed by atoms with van der Waals surface area (Å²) in [7, 11) is 0. The molecule has 0 fully saturated rings. The van der Waals surface area contributed by atoms with Crippen LogP contribution in [-0.4, -0.2) is 11.8 Å². The number of aromatic hydroxyl groups is 1. The summed E-state index contributed by atoms with van der Waals surface area (Å²) in [5.41, 5.74) is 6.38. The second kappa shape index (κ2) is 5.14. The van der Waals surface area contributed by atoms with Gasteiger partial charge in [0.1, 0.15) is 12.4 Å². The quantitative estimate of drug-likeness (QED) is 0.849. The van der Waals surface area contributed by atoms with Gasteiger partial charge in [-0.15, -0.1) is 12.4 Å². The highest BCUT2D eigenvalue weighted by Crippen LogP contribution is 2.30. The molecule has 1 atom stereocenters. The molecule has 16 heavy (non-hydrogen) atoms. The number of hydrogen-bond acceptors (Lipinski definition) is 2. The predicted octanol–water partition coefficient (Wildman–Crippen LogP) is 2.94. The van der Waals surface area contributed by atoms with Crippen LogP contribution in [0.2, 0.25) is 0 Å². The molecule has 2 rings (SSSR count). The summed E-state index contributed by atoms with van der Waals surface area (Å²) in [4.78, 5) is 0. The van der Waals surface area contributed by atoms with Crippen molar-refractivity contribution in [3.05, 3.63) is 42.0 Å². The van der Waals surface area contributed by atoms with Crippen molar-refractivity contribution < 1.29 is 9.50 Å². The minimum absolute atomic E-state index is 0. The van der Waals surface area contributed by atoms with Crippen LogP contribution >= 0.6 is 12.4 Å². The highest BCUT2D eigenvalue weighted by atomic mass is 35.5. The fraction of sp³-hybridized carbons (Fsp3) is 0.167. The van der Waals surface area contributed by atoms with E-state index >= 15 is 0 Å². The first-order valence-corrected chi connectivity index (χ1v) is 4.76. The van der Waals surface area contributed by atoms with E-state index in [1.807, 2.05) is 18.2 Å². The molecular weight excluding hydrogens is 229 g/mol. The van der Waals surface area contributed by atoms with Gasteiger partial charge in [0, 0.05) is 5.39 Å². The van der Waals surface area contributed by atoms with E-state index in [1.165, 1.54) is 0 Å². The van der Waals surface area contributed by atoms with Gasteiger partial charge in [-0.05, 0) is 17.0 Å². The Bertz CT molecular complexity index is 489. The SMILES string of the molecule is Cl.N[C@@H](CF)c1ccc(O)c2ccccc12. The molecular formula is C12H13ClFNO. The summed E-state index contributed by atoms with van der Waals surface area (Å²) >= 11 is 0. The molecule has 0 radical (unpaired) electrons. The molecule has 0 saturated heterocycles. The standard InChI is InChI=1S/C12H12FNO.ClH/c13-7-11(14)9-5-6-12(15)10-4-2-1-3-8(9)10;/h1-6,11,15H,7,14H2;1H/t11-;/m0./s1. The zero-order chi connectivity index (χ0) is 10.8. The molecule has 0 heterocycles. The van der Waals surface area contributed by atoms with Gasteiger partial charge in [0.05, 0.1) is 6.04 Å². The molecule has 0 aliphatic carbocycles. The Morgan fingerprint density at radius 2 is 1.75 bits per heavy atom. The van der Waals surface area contributed by atoms with E-state index in [9.17, 15) is 9.50 Å². The Kier molecular flexibility index (Phi) is 4.10. The van der Waals surface area contributed by atoms with Crippen LogP contribution in [0.3, 0.4) is 0 Å². The lowest BCUT2D eigenvalue weighted by Gasteiger charge is -2.11. The number of hydrogen-bond donors (Lipinski definition) is 2. The van der Waals surface area contributed by atoms with Crippen LogP contribution < -0.4 is 5.73 Å². The van der Waals surface area contributed by atoms with Crippen LogP contribution in [0.5, 0.6) is 5.75 Å². The molecule has 3 N–H and O–H groups in total. The Hall–Kier alpha value is -1.32. The molecule has 2 aromatic carbocycles. The first kappa shape index (κ1) is 12.7. The number of phenolic OH excluding ortho intramolecular Hbond substituents is 1. The molecule has 2 nitrogen and oxygen atoms in total. The summed E-state index contributed by atoms with van der Waals surface area (Å²) in [6, 6.07) is 9.88. The molecule has 0 aliphatic heterocycles. The van der Waals surface area contributed by atoms with Crippen molar-refractivity contribution in [3.8, 4) is 5.75 Å². The molecule has 0 aliphatic rings. The molecule has 0 spiro atoms. The largest absolute Gasteiger partial charge is 0.507 e. The topological polar surface area (TPSA) is 46.2 Å². The third-order valence-corrected chi connectivity index (χ3v) is 2.50. The van der Waals surface area contributed by atoms with Gasteiger partial charge in [0.15, 0.2) is 0 Å². The zero-order valence-electron chi connectivity index (χ0n) is 8.56. The lowest BCUT2D eigenvalue weighted by atomic mass is 9.99. The molecule has 0 saturated carbocycles. The van der Waals surface area contributed by atoms with E-state index in [0.29, 0.717) is 5.39 Å². The summed E-state index contributed by atoms with van der Waals surface area (Å²) in [6.07, 6.45) is 0. The minimum atomic E-state index is -0.629. The van der Waals surface area contributed by atoms with Crippen molar-refractivity contribution in [1.29, 1.82) is 0 Å². The fourth-order valence-electron chi connectivity index (χ4n) is 1.71. The Balaban J connectivity index is 0.00000128. The molecule has 0 bridgehead atoms. The Morgan fingerprint density at radius 3 is 2.38 bits per heavy atom. The number of alkyl halides is 1. The van der Waals surface area contributed by atoms with Crippen molar-refractivity contribution in [2.45, 2.75) is 6.04 Å². The lowest BCUT2D eigenvalue weighted by molar-refractivity contribution is 0.438. The van der Waals surface area contributed by atoms with Crippen LogP contribution in [0, 0.1) is 0 Å². The van der Waals surface area contributed by atoms with E-state index in [1.54, 1.807) is 18.2 Å². The maximum absolute atomic E-state index is 12.5. The molecule has 0 unspecified atom stereocenters. The second-order valence-corrected chi connectivity index (χ2v) is 3.48. The number of phenols is 1. The van der Waals surface area contributed by atoms with Crippen LogP contribution in [-0.2, 0) is 0 Å². The summed E-state index contributed by atoms with van der Waals surface area (Å²) in [6.45, 7) is -0.602. The first-order chi connectivity index (χ1) is 7.24. The average Bonchev–Trinajstić information content (AvgIpc) is 2.29. The van der Waals surface area contributed by atoms with E-state index in [4.69, 9.17) is 5.73 Å². The van der Waals surface area contributed by atoms with Gasteiger partial charge in [-0.2, -0.15) is 0 Å². The number of halogens is 2. The molecule has 2 aromatic rings. The smallest absolute Gasteiger partial charge is 0.123 e. The van der Waals surface area contributed by atoms with Crippen molar-refractivity contribution in [2.75, 3.05) is 6.67 Å². The third kappa shape index (κ3) is 2.10. The number of rotatable bonds is 2. The van der Waals surface area contributed by atoms with Gasteiger partial charge in [-0.25, -0.2) is 4.39 Å². The van der Waals surface area contributed by atoms with Gasteiger partial charge < -0.3 is 10.8 Å². The number of benzene rings is 2. The van der Waals surface area contributed by atoms with Crippen molar-refractivity contribution in [2.24, 2.45) is 5.73 Å². The highest BCUT2D eigenvalue weighted by molar-refractivity contribution is 5.91. The number of nitrogens with two attached hydrogens (primary N) is 1. The van der Waals surface area contributed by atoms with E-state index in [-0.39, 0.29) is 18.2 Å². The van der Waals surface area contributed by atoms with Gasteiger partial charge in [-0.3, -0.25) is 0 Å². The van der Waals surface area contributed by atoms with Crippen molar-refractivity contribution in [3.63, 3.8) is 0 Å². The van der Waals surface area contributed by atoms with Crippen LogP contribution in [0.25, 0.3) is 10.8 Å². The number of fused-ring (bicyclic) bond motifs is 1. The van der Waals surface area contributed by atoms with E-state index in [0.717, 1.165) is 10.9 Å². The zero-order valence-corrected chi connectivity index (χ0v) is 9.38. The first-order valence-electron chi connectivity index (χ1n) is 4.76. The maximum atomic E-state index is 12.5. The van der Waals surface area contributed by atoms with Gasteiger partial charge >= 0.3 is 0 Å². The summed E-state index contributed by atoms with van der Waals surface area (Å²) in [5, 5.41) is 11.1. The molecule has 0 aromatic heterocycles. The van der Waals surface area contributed by atoms with Crippen molar-refractivity contribution >= 4 is 23.2 Å². The fourth-order valence-corrected chi connectivity index (χ4v) is 1.71. The molecule has 86 valence electrons. The Morgan fingerprint density at radius 1 is 1.12 bits per heavy atom. The van der Waals surface area contributed by atoms with E-state index in [2.05, 4.69) is 0 Å². The van der Waals surface area contributed by atoms with Crippen LogP contribution in [0.15, 0.2) is 36.4 Å². The van der Waals surface area contributed by atoms with Gasteiger partial charge in [-0.1, -0.05) is 30.3 Å². The monoisotopic (exact) mass is 241 g/mol. The van der Waals surface area contributed by atoms with Gasteiger partial charge in [0.2, 0.25) is 0 Å². The van der Waals surface area contributed by atoms with Crippen LogP contribution in [0.1, 0.15) is 11.6 Å². The van der Waals surface area contributed by atoms with E-state index < -0.39 is 12.7 Å². The minimum Gasteiger partial charge on any atom is -0.507 e. The van der Waals surface area contributed by atoms with Gasteiger partial charge in [0.25, 0.3) is 0 Å².